The maximum atomic E-state index is 12.6. The van der Waals surface area contributed by atoms with Crippen molar-refractivity contribution in [3.63, 3.8) is 0 Å². The Hall–Kier alpha value is -2.38. The third-order valence-electron chi connectivity index (χ3n) is 3.87. The Kier molecular flexibility index (Phi) is 4.29. The van der Waals surface area contributed by atoms with Crippen LogP contribution < -0.4 is 14.8 Å². The molecule has 0 saturated heterocycles. The molecule has 126 valence electrons. The summed E-state index contributed by atoms with van der Waals surface area (Å²) in [5.41, 5.74) is 3.29. The molecule has 7 heteroatoms. The second kappa shape index (κ2) is 6.26. The number of ether oxygens (including phenoxy) is 1. The number of rotatable bonds is 5. The number of amides is 1. The Balaban J connectivity index is 1.80. The molecular weight excluding hydrogens is 328 g/mol. The number of sulfonamides is 1. The Morgan fingerprint density at radius 2 is 2.00 bits per heavy atom. The minimum atomic E-state index is -3.71. The minimum absolute atomic E-state index is 0.0489. The molecule has 2 aromatic rings. The number of carbonyl (C=O) groups is 1. The van der Waals surface area contributed by atoms with Crippen molar-refractivity contribution in [1.29, 1.82) is 0 Å². The van der Waals surface area contributed by atoms with E-state index in [1.165, 1.54) is 7.11 Å². The molecule has 3 rings (SSSR count). The maximum Gasteiger partial charge on any atom is 0.244 e. The summed E-state index contributed by atoms with van der Waals surface area (Å²) in [6, 6.07) is 10.4. The van der Waals surface area contributed by atoms with Crippen molar-refractivity contribution in [2.75, 3.05) is 12.4 Å². The van der Waals surface area contributed by atoms with Crippen LogP contribution in [0.2, 0.25) is 0 Å². The van der Waals surface area contributed by atoms with Gasteiger partial charge in [0.05, 0.1) is 13.5 Å². The molecule has 1 aliphatic rings. The fraction of sp³-hybridized carbons (Fsp3) is 0.235. The van der Waals surface area contributed by atoms with Crippen molar-refractivity contribution in [3.05, 3.63) is 53.1 Å². The fourth-order valence-corrected chi connectivity index (χ4v) is 3.91. The Morgan fingerprint density at radius 3 is 2.75 bits per heavy atom. The molecule has 2 aromatic carbocycles. The standard InChI is InChI=1S/C17H18N2O4S/c1-11-3-6-15(23-2)16(7-11)24(21,22)18-10-12-4-5-14-13(8-12)9-17(20)19-14/h3-8,18H,9-10H2,1-2H3,(H,19,20). The van der Waals surface area contributed by atoms with Crippen LogP contribution in [-0.2, 0) is 27.8 Å². The van der Waals surface area contributed by atoms with Gasteiger partial charge in [-0.1, -0.05) is 18.2 Å². The van der Waals surface area contributed by atoms with Crippen LogP contribution in [0.3, 0.4) is 0 Å². The molecule has 0 bridgehead atoms. The van der Waals surface area contributed by atoms with Gasteiger partial charge in [0.2, 0.25) is 15.9 Å². The molecule has 2 N–H and O–H groups in total. The number of methoxy groups -OCH3 is 1. The van der Waals surface area contributed by atoms with Crippen molar-refractivity contribution in [2.24, 2.45) is 0 Å². The van der Waals surface area contributed by atoms with Crippen LogP contribution in [0.5, 0.6) is 5.75 Å². The van der Waals surface area contributed by atoms with Crippen LogP contribution in [-0.4, -0.2) is 21.4 Å². The van der Waals surface area contributed by atoms with Gasteiger partial charge < -0.3 is 10.1 Å². The zero-order valence-corrected chi connectivity index (χ0v) is 14.2. The summed E-state index contributed by atoms with van der Waals surface area (Å²) in [6.07, 6.45) is 0.321. The van der Waals surface area contributed by atoms with Crippen LogP contribution in [0.15, 0.2) is 41.3 Å². The first kappa shape index (κ1) is 16.5. The summed E-state index contributed by atoms with van der Waals surface area (Å²) in [5.74, 6) is 0.254. The summed E-state index contributed by atoms with van der Waals surface area (Å²) in [7, 11) is -2.27. The molecular formula is C17H18N2O4S. The lowest BCUT2D eigenvalue weighted by Gasteiger charge is -2.12. The van der Waals surface area contributed by atoms with E-state index >= 15 is 0 Å². The predicted octanol–water partition coefficient (Wildman–Crippen LogP) is 1.98. The second-order valence-corrected chi connectivity index (χ2v) is 7.43. The molecule has 0 unspecified atom stereocenters. The average Bonchev–Trinajstić information content (AvgIpc) is 2.92. The normalized spacial score (nSPS) is 13.5. The van der Waals surface area contributed by atoms with Crippen molar-refractivity contribution in [2.45, 2.75) is 24.8 Å². The summed E-state index contributed by atoms with van der Waals surface area (Å²) in [6.45, 7) is 1.96. The Labute approximate surface area is 140 Å². The number of anilines is 1. The molecule has 0 fully saturated rings. The topological polar surface area (TPSA) is 84.5 Å². The number of hydrogen-bond donors (Lipinski definition) is 2. The highest BCUT2D eigenvalue weighted by Gasteiger charge is 2.21. The molecule has 0 aromatic heterocycles. The highest BCUT2D eigenvalue weighted by molar-refractivity contribution is 7.89. The first-order valence-electron chi connectivity index (χ1n) is 7.45. The Morgan fingerprint density at radius 1 is 1.21 bits per heavy atom. The van der Waals surface area contributed by atoms with E-state index in [9.17, 15) is 13.2 Å². The lowest BCUT2D eigenvalue weighted by Crippen LogP contribution is -2.24. The predicted molar refractivity (Wildman–Crippen MR) is 90.5 cm³/mol. The maximum absolute atomic E-state index is 12.6. The van der Waals surface area contributed by atoms with E-state index in [0.29, 0.717) is 12.2 Å². The molecule has 0 aliphatic carbocycles. The van der Waals surface area contributed by atoms with Crippen LogP contribution in [0, 0.1) is 6.92 Å². The van der Waals surface area contributed by atoms with Gasteiger partial charge in [-0.2, -0.15) is 0 Å². The average molecular weight is 346 g/mol. The van der Waals surface area contributed by atoms with Gasteiger partial charge >= 0.3 is 0 Å². The number of hydrogen-bond acceptors (Lipinski definition) is 4. The molecule has 0 spiro atoms. The van der Waals surface area contributed by atoms with Crippen LogP contribution >= 0.6 is 0 Å². The number of aryl methyl sites for hydroxylation is 1. The van der Waals surface area contributed by atoms with Crippen LogP contribution in [0.4, 0.5) is 5.69 Å². The number of fused-ring (bicyclic) bond motifs is 1. The molecule has 6 nitrogen and oxygen atoms in total. The zero-order valence-electron chi connectivity index (χ0n) is 13.4. The van der Waals surface area contributed by atoms with Gasteiger partial charge in [-0.15, -0.1) is 0 Å². The van der Waals surface area contributed by atoms with Gasteiger partial charge in [0, 0.05) is 12.2 Å². The van der Waals surface area contributed by atoms with E-state index in [2.05, 4.69) is 10.0 Å². The Bertz CT molecular complexity index is 907. The van der Waals surface area contributed by atoms with Gasteiger partial charge in [0.1, 0.15) is 10.6 Å². The van der Waals surface area contributed by atoms with E-state index in [-0.39, 0.29) is 17.3 Å². The largest absolute Gasteiger partial charge is 0.495 e. The van der Waals surface area contributed by atoms with Crippen molar-refractivity contribution < 1.29 is 17.9 Å². The molecule has 0 atom stereocenters. The third-order valence-corrected chi connectivity index (χ3v) is 5.29. The van der Waals surface area contributed by atoms with E-state index in [4.69, 9.17) is 4.74 Å². The van der Waals surface area contributed by atoms with Gasteiger partial charge in [-0.25, -0.2) is 13.1 Å². The van der Waals surface area contributed by atoms with E-state index < -0.39 is 10.0 Å². The lowest BCUT2D eigenvalue weighted by molar-refractivity contribution is -0.115. The highest BCUT2D eigenvalue weighted by Crippen LogP contribution is 2.26. The van der Waals surface area contributed by atoms with Gasteiger partial charge in [0.25, 0.3) is 0 Å². The highest BCUT2D eigenvalue weighted by atomic mass is 32.2. The van der Waals surface area contributed by atoms with Crippen molar-refractivity contribution in [3.8, 4) is 5.75 Å². The second-order valence-electron chi connectivity index (χ2n) is 5.70. The number of benzene rings is 2. The number of carbonyl (C=O) groups excluding carboxylic acids is 1. The first-order valence-corrected chi connectivity index (χ1v) is 8.93. The van der Waals surface area contributed by atoms with Crippen LogP contribution in [0.1, 0.15) is 16.7 Å². The van der Waals surface area contributed by atoms with Gasteiger partial charge in [-0.3, -0.25) is 4.79 Å². The van der Waals surface area contributed by atoms with Gasteiger partial charge in [-0.05, 0) is 41.8 Å². The molecule has 1 aliphatic heterocycles. The molecule has 1 amide bonds. The van der Waals surface area contributed by atoms with Crippen molar-refractivity contribution in [1.82, 2.24) is 4.72 Å². The summed E-state index contributed by atoms with van der Waals surface area (Å²) in [5, 5.41) is 2.75. The van der Waals surface area contributed by atoms with Gasteiger partial charge in [0.15, 0.2) is 0 Å². The van der Waals surface area contributed by atoms with Crippen molar-refractivity contribution >= 4 is 21.6 Å². The molecule has 0 saturated carbocycles. The lowest BCUT2D eigenvalue weighted by atomic mass is 10.1. The van der Waals surface area contributed by atoms with E-state index in [1.54, 1.807) is 30.3 Å². The molecule has 0 radical (unpaired) electrons. The SMILES string of the molecule is COc1ccc(C)cc1S(=O)(=O)NCc1ccc2c(c1)CC(=O)N2. The molecule has 24 heavy (non-hydrogen) atoms. The summed E-state index contributed by atoms with van der Waals surface area (Å²) >= 11 is 0. The van der Waals surface area contributed by atoms with Crippen LogP contribution in [0.25, 0.3) is 0 Å². The molecule has 1 heterocycles. The van der Waals surface area contributed by atoms with E-state index in [0.717, 1.165) is 22.4 Å². The fourth-order valence-electron chi connectivity index (χ4n) is 2.64. The minimum Gasteiger partial charge on any atom is -0.495 e. The zero-order chi connectivity index (χ0) is 17.3. The van der Waals surface area contributed by atoms with E-state index in [1.807, 2.05) is 13.0 Å². The summed E-state index contributed by atoms with van der Waals surface area (Å²) < 4.78 is 32.9. The third kappa shape index (κ3) is 3.27. The number of nitrogens with one attached hydrogen (secondary N) is 2. The smallest absolute Gasteiger partial charge is 0.244 e. The first-order chi connectivity index (χ1) is 11.4. The quantitative estimate of drug-likeness (QED) is 0.867. The summed E-state index contributed by atoms with van der Waals surface area (Å²) in [4.78, 5) is 11.5. The monoisotopic (exact) mass is 346 g/mol.